The fourth-order valence-corrected chi connectivity index (χ4v) is 0.349. The smallest absolute Gasteiger partial charge is 0.414 e. The summed E-state index contributed by atoms with van der Waals surface area (Å²) in [7, 11) is 0. The summed E-state index contributed by atoms with van der Waals surface area (Å²) in [6, 6.07) is 0. The van der Waals surface area contributed by atoms with E-state index in [9.17, 15) is 0 Å². The first kappa shape index (κ1) is 5.08. The first-order valence-corrected chi connectivity index (χ1v) is 2.32. The highest BCUT2D eigenvalue weighted by Gasteiger charge is 1.92. The summed E-state index contributed by atoms with van der Waals surface area (Å²) in [6.07, 6.45) is 1.46. The maximum atomic E-state index is 4.81. The Hall–Kier alpha value is -1.06. The Bertz CT molecular complexity index is 138. The van der Waals surface area contributed by atoms with Crippen molar-refractivity contribution in [3.63, 3.8) is 0 Å². The highest BCUT2D eigenvalue weighted by atomic mass is 16.6. The van der Waals surface area contributed by atoms with E-state index in [0.717, 1.165) is 0 Å². The summed E-state index contributed by atoms with van der Waals surface area (Å²) in [4.78, 5) is 0. The summed E-state index contributed by atoms with van der Waals surface area (Å²) in [5.41, 5.74) is 0. The van der Waals surface area contributed by atoms with E-state index in [0.29, 0.717) is 6.61 Å². The van der Waals surface area contributed by atoms with Crippen LogP contribution in [0.2, 0.25) is 0 Å². The molecule has 0 atom stereocenters. The van der Waals surface area contributed by atoms with Crippen LogP contribution in [-0.4, -0.2) is 16.8 Å². The lowest BCUT2D eigenvalue weighted by Gasteiger charge is -1.89. The molecule has 0 aliphatic carbocycles. The van der Waals surface area contributed by atoms with Crippen LogP contribution in [0.15, 0.2) is 10.8 Å². The third-order valence-corrected chi connectivity index (χ3v) is 0.608. The minimum atomic E-state index is 0.229. The van der Waals surface area contributed by atoms with E-state index in [4.69, 9.17) is 4.74 Å². The summed E-state index contributed by atoms with van der Waals surface area (Å²) in [6.45, 7) is 2.41. The number of hydrogen-bond donors (Lipinski definition) is 0. The Kier molecular flexibility index (Phi) is 1.46. The van der Waals surface area contributed by atoms with E-state index in [1.165, 1.54) is 6.39 Å². The van der Waals surface area contributed by atoms with Gasteiger partial charge in [-0.15, -0.1) is 5.10 Å². The minimum Gasteiger partial charge on any atom is -0.449 e. The Morgan fingerprint density at radius 2 is 2.75 bits per heavy atom. The maximum absolute atomic E-state index is 4.81. The van der Waals surface area contributed by atoms with Crippen LogP contribution < -0.4 is 4.74 Å². The van der Waals surface area contributed by atoms with E-state index in [-0.39, 0.29) is 6.08 Å². The predicted molar refractivity (Wildman–Crippen MR) is 25.5 cm³/mol. The van der Waals surface area contributed by atoms with E-state index >= 15 is 0 Å². The number of hydrogen-bond acceptors (Lipinski definition) is 4. The molecule has 44 valence electrons. The lowest BCUT2D eigenvalue weighted by molar-refractivity contribution is 0.244. The third kappa shape index (κ3) is 0.959. The van der Waals surface area contributed by atoms with Crippen molar-refractivity contribution in [3.05, 3.63) is 6.39 Å². The maximum Gasteiger partial charge on any atom is 0.414 e. The third-order valence-electron chi connectivity index (χ3n) is 0.608. The van der Waals surface area contributed by atoms with Crippen LogP contribution in [0.3, 0.4) is 0 Å². The molecule has 1 aromatic rings. The van der Waals surface area contributed by atoms with E-state index < -0.39 is 0 Å². The van der Waals surface area contributed by atoms with Crippen molar-refractivity contribution < 1.29 is 9.15 Å². The van der Waals surface area contributed by atoms with Crippen molar-refractivity contribution in [1.82, 2.24) is 10.2 Å². The van der Waals surface area contributed by atoms with Gasteiger partial charge < -0.3 is 9.15 Å². The van der Waals surface area contributed by atoms with Gasteiger partial charge in [0.25, 0.3) is 0 Å². The topological polar surface area (TPSA) is 48.2 Å². The predicted octanol–water partition coefficient (Wildman–Crippen LogP) is 0.468. The van der Waals surface area contributed by atoms with E-state index in [1.807, 2.05) is 6.92 Å². The van der Waals surface area contributed by atoms with Gasteiger partial charge in [-0.05, 0) is 6.92 Å². The van der Waals surface area contributed by atoms with Crippen molar-refractivity contribution in [2.75, 3.05) is 6.61 Å². The molecule has 0 spiro atoms. The fourth-order valence-electron chi connectivity index (χ4n) is 0.349. The molecule has 0 saturated carbocycles. The van der Waals surface area contributed by atoms with Gasteiger partial charge in [-0.1, -0.05) is 5.10 Å². The van der Waals surface area contributed by atoms with Gasteiger partial charge in [0, 0.05) is 0 Å². The summed E-state index contributed by atoms with van der Waals surface area (Å²) < 4.78 is 9.43. The number of rotatable bonds is 2. The average molecular weight is 114 g/mol. The van der Waals surface area contributed by atoms with Gasteiger partial charge in [0.2, 0.25) is 6.39 Å². The average Bonchev–Trinajstić information content (AvgIpc) is 2.19. The summed E-state index contributed by atoms with van der Waals surface area (Å²) in [5.74, 6) is 0. The van der Waals surface area contributed by atoms with Crippen LogP contribution >= 0.6 is 0 Å². The molecular weight excluding hydrogens is 108 g/mol. The van der Waals surface area contributed by atoms with Gasteiger partial charge in [0.1, 0.15) is 0 Å². The number of aromatic nitrogens is 2. The summed E-state index contributed by atoms with van der Waals surface area (Å²) in [5, 5.41) is 6.87. The van der Waals surface area contributed by atoms with Gasteiger partial charge >= 0.3 is 6.08 Å². The Morgan fingerprint density at radius 1 is 1.88 bits per heavy atom. The van der Waals surface area contributed by atoms with Crippen LogP contribution in [0.4, 0.5) is 0 Å². The zero-order chi connectivity index (χ0) is 5.82. The first-order valence-electron chi connectivity index (χ1n) is 2.32. The van der Waals surface area contributed by atoms with Crippen molar-refractivity contribution in [3.8, 4) is 6.08 Å². The van der Waals surface area contributed by atoms with Gasteiger partial charge in [-0.2, -0.15) is 0 Å². The SMILES string of the molecule is CCOc1nnco1. The normalized spacial score (nSPS) is 9.12. The number of nitrogens with zero attached hydrogens (tertiary/aromatic N) is 2. The fraction of sp³-hybridized carbons (Fsp3) is 0.500. The van der Waals surface area contributed by atoms with E-state index in [2.05, 4.69) is 14.6 Å². The molecule has 4 nitrogen and oxygen atoms in total. The molecule has 1 heterocycles. The lowest BCUT2D eigenvalue weighted by Crippen LogP contribution is -1.90. The van der Waals surface area contributed by atoms with Crippen molar-refractivity contribution in [2.45, 2.75) is 6.92 Å². The monoisotopic (exact) mass is 114 g/mol. The lowest BCUT2D eigenvalue weighted by atomic mass is 10.9. The molecule has 1 aromatic heterocycles. The highest BCUT2D eigenvalue weighted by molar-refractivity contribution is 4.75. The number of ether oxygens (including phenoxy) is 1. The first-order chi connectivity index (χ1) is 3.93. The van der Waals surface area contributed by atoms with Crippen molar-refractivity contribution >= 4 is 0 Å². The van der Waals surface area contributed by atoms with Crippen LogP contribution in [0.1, 0.15) is 6.92 Å². The second-order valence-electron chi connectivity index (χ2n) is 1.14. The zero-order valence-electron chi connectivity index (χ0n) is 4.50. The molecule has 1 rings (SSSR count). The standard InChI is InChI=1S/C4H6N2O2/c1-2-7-4-6-5-3-8-4/h3H,2H2,1H3. The largest absolute Gasteiger partial charge is 0.449 e. The molecule has 0 aliphatic heterocycles. The molecule has 0 fully saturated rings. The molecule has 0 amide bonds. The van der Waals surface area contributed by atoms with Crippen LogP contribution in [-0.2, 0) is 0 Å². The highest BCUT2D eigenvalue weighted by Crippen LogP contribution is 1.99. The molecule has 0 unspecified atom stereocenters. The molecule has 0 bridgehead atoms. The van der Waals surface area contributed by atoms with E-state index in [1.54, 1.807) is 0 Å². The Labute approximate surface area is 46.5 Å². The van der Waals surface area contributed by atoms with Crippen molar-refractivity contribution in [2.24, 2.45) is 0 Å². The minimum absolute atomic E-state index is 0.229. The molecule has 0 N–H and O–H groups in total. The van der Waals surface area contributed by atoms with Crippen molar-refractivity contribution in [1.29, 1.82) is 0 Å². The molecule has 8 heavy (non-hydrogen) atoms. The molecule has 0 aliphatic rings. The molecular formula is C4H6N2O2. The Morgan fingerprint density at radius 3 is 3.25 bits per heavy atom. The van der Waals surface area contributed by atoms with Gasteiger partial charge in [0.15, 0.2) is 0 Å². The van der Waals surface area contributed by atoms with Gasteiger partial charge in [0.05, 0.1) is 6.61 Å². The van der Waals surface area contributed by atoms with Gasteiger partial charge in [-0.25, -0.2) is 0 Å². The van der Waals surface area contributed by atoms with Crippen LogP contribution in [0, 0.1) is 0 Å². The summed E-state index contributed by atoms with van der Waals surface area (Å²) >= 11 is 0. The Balaban J connectivity index is 2.50. The van der Waals surface area contributed by atoms with Crippen LogP contribution in [0.25, 0.3) is 0 Å². The molecule has 4 heteroatoms. The van der Waals surface area contributed by atoms with Gasteiger partial charge in [-0.3, -0.25) is 0 Å². The molecule has 0 aromatic carbocycles. The molecule has 0 saturated heterocycles. The zero-order valence-corrected chi connectivity index (χ0v) is 4.50. The molecule has 0 radical (unpaired) electrons. The quantitative estimate of drug-likeness (QED) is 0.560. The van der Waals surface area contributed by atoms with Crippen LogP contribution in [0.5, 0.6) is 6.08 Å². The second kappa shape index (κ2) is 2.30. The second-order valence-corrected chi connectivity index (χ2v) is 1.14.